The van der Waals surface area contributed by atoms with E-state index >= 15 is 0 Å². The van der Waals surface area contributed by atoms with E-state index in [1.54, 1.807) is 0 Å². The van der Waals surface area contributed by atoms with Gasteiger partial charge in [0, 0.05) is 0 Å². The first kappa shape index (κ1) is 4.61. The van der Waals surface area contributed by atoms with E-state index in [0.717, 1.165) is 18.1 Å². The van der Waals surface area contributed by atoms with Gasteiger partial charge >= 0.3 is 0 Å². The summed E-state index contributed by atoms with van der Waals surface area (Å²) in [6, 6.07) is 0. The molecule has 0 unspecified atom stereocenters. The van der Waals surface area contributed by atoms with Crippen molar-refractivity contribution in [2.75, 3.05) is 6.54 Å². The van der Waals surface area contributed by atoms with Crippen LogP contribution in [-0.2, 0) is 0 Å². The van der Waals surface area contributed by atoms with Gasteiger partial charge in [0.25, 0.3) is 0 Å². The summed E-state index contributed by atoms with van der Waals surface area (Å²) in [6.07, 6.45) is 5.44. The molecule has 0 amide bonds. The molecule has 0 bridgehead atoms. The molecule has 2 heterocycles. The van der Waals surface area contributed by atoms with Gasteiger partial charge < -0.3 is 0 Å². The number of nitrogens with zero attached hydrogens (tertiary/aromatic N) is 3. The smallest absolute Gasteiger partial charge is 0.175 e. The van der Waals surface area contributed by atoms with Crippen molar-refractivity contribution in [3.8, 4) is 0 Å². The highest BCUT2D eigenvalue weighted by Crippen LogP contribution is 2.00. The zero-order chi connectivity index (χ0) is 6.10. The summed E-state index contributed by atoms with van der Waals surface area (Å²) in [6.45, 7) is 0.742. The SMILES string of the molecule is C1=CC2=NC=NC2=NC1. The zero-order valence-corrected chi connectivity index (χ0v) is 4.78. The first-order chi connectivity index (χ1) is 4.47. The van der Waals surface area contributed by atoms with Crippen LogP contribution in [0.15, 0.2) is 27.1 Å². The lowest BCUT2D eigenvalue weighted by molar-refractivity contribution is 1.23. The van der Waals surface area contributed by atoms with Gasteiger partial charge in [-0.2, -0.15) is 0 Å². The van der Waals surface area contributed by atoms with E-state index < -0.39 is 0 Å². The van der Waals surface area contributed by atoms with E-state index in [9.17, 15) is 0 Å². The molecule has 3 heteroatoms. The number of fused-ring (bicyclic) bond motifs is 1. The number of amidine groups is 1. The predicted octanol–water partition coefficient (Wildman–Crippen LogP) is 0.438. The molecule has 9 heavy (non-hydrogen) atoms. The molecule has 0 fully saturated rings. The fraction of sp³-hybridized carbons (Fsp3) is 0.167. The van der Waals surface area contributed by atoms with Crippen LogP contribution in [0.5, 0.6) is 0 Å². The van der Waals surface area contributed by atoms with E-state index in [2.05, 4.69) is 15.0 Å². The number of hydrogen-bond acceptors (Lipinski definition) is 3. The summed E-state index contributed by atoms with van der Waals surface area (Å²) in [5.41, 5.74) is 0.890. The number of aliphatic imine (C=N–C) groups is 3. The Morgan fingerprint density at radius 2 is 2.44 bits per heavy atom. The highest BCUT2D eigenvalue weighted by Gasteiger charge is 2.09. The maximum atomic E-state index is 4.09. The van der Waals surface area contributed by atoms with Crippen LogP contribution >= 0.6 is 0 Å². The Balaban J connectivity index is 2.46. The average Bonchev–Trinajstić information content (AvgIpc) is 2.33. The van der Waals surface area contributed by atoms with Gasteiger partial charge in [0.15, 0.2) is 5.84 Å². The minimum atomic E-state index is 0.742. The Labute approximate surface area is 52.5 Å². The van der Waals surface area contributed by atoms with Crippen LogP contribution in [-0.4, -0.2) is 24.4 Å². The lowest BCUT2D eigenvalue weighted by Crippen LogP contribution is -2.08. The van der Waals surface area contributed by atoms with Crippen molar-refractivity contribution in [1.82, 2.24) is 0 Å². The van der Waals surface area contributed by atoms with Gasteiger partial charge in [-0.05, 0) is 6.08 Å². The van der Waals surface area contributed by atoms with Gasteiger partial charge in [0.05, 0.1) is 6.54 Å². The number of hydrogen-bond donors (Lipinski definition) is 0. The van der Waals surface area contributed by atoms with Crippen molar-refractivity contribution < 1.29 is 0 Å². The van der Waals surface area contributed by atoms with Crippen LogP contribution in [0.3, 0.4) is 0 Å². The molecular weight excluding hydrogens is 114 g/mol. The van der Waals surface area contributed by atoms with Crippen LogP contribution in [0.1, 0.15) is 0 Å². The van der Waals surface area contributed by atoms with Crippen molar-refractivity contribution >= 4 is 17.9 Å². The molecule has 0 saturated carbocycles. The molecule has 0 saturated heterocycles. The molecule has 0 N–H and O–H groups in total. The van der Waals surface area contributed by atoms with Crippen molar-refractivity contribution in [1.29, 1.82) is 0 Å². The topological polar surface area (TPSA) is 37.1 Å². The molecule has 0 atom stereocenters. The summed E-state index contributed by atoms with van der Waals surface area (Å²) in [7, 11) is 0. The molecule has 0 aliphatic carbocycles. The summed E-state index contributed by atoms with van der Waals surface area (Å²) in [5.74, 6) is 0.775. The lowest BCUT2D eigenvalue weighted by Gasteiger charge is -1.97. The normalized spacial score (nSPS) is 21.3. The van der Waals surface area contributed by atoms with Crippen molar-refractivity contribution in [2.24, 2.45) is 15.0 Å². The minimum absolute atomic E-state index is 0.742. The van der Waals surface area contributed by atoms with Crippen LogP contribution in [0.25, 0.3) is 0 Å². The maximum Gasteiger partial charge on any atom is 0.175 e. The number of dihydropyridines is 1. The molecule has 2 rings (SSSR count). The maximum absolute atomic E-state index is 4.09. The third-order valence-corrected chi connectivity index (χ3v) is 1.23. The minimum Gasteiger partial charge on any atom is -0.261 e. The monoisotopic (exact) mass is 119 g/mol. The largest absolute Gasteiger partial charge is 0.261 e. The second kappa shape index (κ2) is 1.62. The molecule has 0 aromatic rings. The third kappa shape index (κ3) is 0.614. The molecule has 0 aromatic carbocycles. The molecule has 2 aliphatic heterocycles. The van der Waals surface area contributed by atoms with E-state index in [1.807, 2.05) is 12.2 Å². The quantitative estimate of drug-likeness (QED) is 0.443. The van der Waals surface area contributed by atoms with E-state index in [0.29, 0.717) is 0 Å². The summed E-state index contributed by atoms with van der Waals surface area (Å²) < 4.78 is 0. The first-order valence-corrected chi connectivity index (χ1v) is 2.78. The van der Waals surface area contributed by atoms with Gasteiger partial charge in [0.2, 0.25) is 0 Å². The van der Waals surface area contributed by atoms with Crippen molar-refractivity contribution in [3.05, 3.63) is 12.2 Å². The highest BCUT2D eigenvalue weighted by molar-refractivity contribution is 6.50. The fourth-order valence-electron chi connectivity index (χ4n) is 0.813. The predicted molar refractivity (Wildman–Crippen MR) is 37.4 cm³/mol. The molecule has 0 spiro atoms. The molecule has 3 nitrogen and oxygen atoms in total. The molecule has 44 valence electrons. The molecule has 0 aromatic heterocycles. The summed E-state index contributed by atoms with van der Waals surface area (Å²) in [4.78, 5) is 12.0. The highest BCUT2D eigenvalue weighted by atomic mass is 15.0. The lowest BCUT2D eigenvalue weighted by atomic mass is 10.3. The van der Waals surface area contributed by atoms with E-state index in [4.69, 9.17) is 0 Å². The Morgan fingerprint density at radius 1 is 1.44 bits per heavy atom. The Morgan fingerprint density at radius 3 is 3.33 bits per heavy atom. The van der Waals surface area contributed by atoms with Crippen molar-refractivity contribution in [3.63, 3.8) is 0 Å². The van der Waals surface area contributed by atoms with E-state index in [1.165, 1.54) is 6.34 Å². The van der Waals surface area contributed by atoms with E-state index in [-0.39, 0.29) is 0 Å². The molecular formula is C6H5N3. The summed E-state index contributed by atoms with van der Waals surface area (Å²) >= 11 is 0. The van der Waals surface area contributed by atoms with Crippen LogP contribution in [0, 0.1) is 0 Å². The van der Waals surface area contributed by atoms with Gasteiger partial charge in [-0.15, -0.1) is 0 Å². The molecule has 0 radical (unpaired) electrons. The van der Waals surface area contributed by atoms with Gasteiger partial charge in [0.1, 0.15) is 12.1 Å². The standard InChI is InChI=1S/C6H5N3/c1-2-5-6(7-3-1)9-4-8-5/h1-2,4H,3H2. The van der Waals surface area contributed by atoms with Gasteiger partial charge in [-0.3, -0.25) is 4.99 Å². The average molecular weight is 119 g/mol. The van der Waals surface area contributed by atoms with Gasteiger partial charge in [-0.25, -0.2) is 9.98 Å². The van der Waals surface area contributed by atoms with Gasteiger partial charge in [-0.1, -0.05) is 6.08 Å². The Hall–Kier alpha value is -1.25. The third-order valence-electron chi connectivity index (χ3n) is 1.23. The number of rotatable bonds is 0. The zero-order valence-electron chi connectivity index (χ0n) is 4.78. The Kier molecular flexibility index (Phi) is 0.828. The first-order valence-electron chi connectivity index (χ1n) is 2.78. The Bertz CT molecular complexity index is 245. The van der Waals surface area contributed by atoms with Crippen LogP contribution in [0.2, 0.25) is 0 Å². The van der Waals surface area contributed by atoms with Crippen LogP contribution < -0.4 is 0 Å². The summed E-state index contributed by atoms with van der Waals surface area (Å²) in [5, 5.41) is 0. The fourth-order valence-corrected chi connectivity index (χ4v) is 0.813. The second-order valence-electron chi connectivity index (χ2n) is 1.83. The molecule has 2 aliphatic rings. The van der Waals surface area contributed by atoms with Crippen molar-refractivity contribution in [2.45, 2.75) is 0 Å². The second-order valence-corrected chi connectivity index (χ2v) is 1.83. The van der Waals surface area contributed by atoms with Crippen LogP contribution in [0.4, 0.5) is 0 Å².